The number of aromatic nitrogens is 1. The summed E-state index contributed by atoms with van der Waals surface area (Å²) in [5.41, 5.74) is 7.70. The number of halogens is 1. The maximum atomic E-state index is 13.4. The van der Waals surface area contributed by atoms with E-state index in [1.807, 2.05) is 19.1 Å². The van der Waals surface area contributed by atoms with Gasteiger partial charge < -0.3 is 10.5 Å². The molecule has 0 aliphatic rings. The molecule has 0 aliphatic heterocycles. The lowest BCUT2D eigenvalue weighted by molar-refractivity contribution is 0.287. The van der Waals surface area contributed by atoms with Crippen LogP contribution in [0.25, 0.3) is 0 Å². The first kappa shape index (κ1) is 11.4. The zero-order valence-electron chi connectivity index (χ0n) is 9.48. The summed E-state index contributed by atoms with van der Waals surface area (Å²) < 4.78 is 18.8. The second-order valence-corrected chi connectivity index (χ2v) is 3.71. The molecule has 3 nitrogen and oxygen atoms in total. The molecule has 0 radical (unpaired) electrons. The van der Waals surface area contributed by atoms with Crippen LogP contribution in [0.15, 0.2) is 36.5 Å². The number of nitrogens with zero attached hydrogens (tertiary/aromatic N) is 1. The highest BCUT2D eigenvalue weighted by Crippen LogP contribution is 2.25. The zero-order valence-corrected chi connectivity index (χ0v) is 9.48. The highest BCUT2D eigenvalue weighted by molar-refractivity contribution is 5.52. The molecule has 1 heterocycles. The number of para-hydroxylation sites is 1. The molecule has 17 heavy (non-hydrogen) atoms. The van der Waals surface area contributed by atoms with Crippen LogP contribution < -0.4 is 10.5 Å². The molecule has 4 heteroatoms. The van der Waals surface area contributed by atoms with Gasteiger partial charge in [-0.05, 0) is 30.7 Å². The van der Waals surface area contributed by atoms with Crippen LogP contribution in [0.5, 0.6) is 5.75 Å². The number of hydrogen-bond acceptors (Lipinski definition) is 3. The molecule has 0 unspecified atom stereocenters. The van der Waals surface area contributed by atoms with E-state index in [4.69, 9.17) is 10.5 Å². The number of anilines is 1. The molecule has 0 aliphatic carbocycles. The summed E-state index contributed by atoms with van der Waals surface area (Å²) in [5, 5.41) is 0. The number of benzene rings is 1. The van der Waals surface area contributed by atoms with Crippen LogP contribution >= 0.6 is 0 Å². The van der Waals surface area contributed by atoms with Crippen molar-refractivity contribution in [1.29, 1.82) is 0 Å². The third kappa shape index (κ3) is 2.53. The fourth-order valence-electron chi connectivity index (χ4n) is 1.49. The van der Waals surface area contributed by atoms with Gasteiger partial charge in [0.05, 0.1) is 11.4 Å². The second-order valence-electron chi connectivity index (χ2n) is 3.71. The Balaban J connectivity index is 2.16. The molecule has 2 aromatic rings. The molecule has 0 spiro atoms. The fourth-order valence-corrected chi connectivity index (χ4v) is 1.49. The van der Waals surface area contributed by atoms with Crippen LogP contribution in [-0.2, 0) is 6.61 Å². The molecule has 88 valence electrons. The standard InChI is InChI=1S/C13H13FN2O/c1-9-4-3-7-16-12(9)8-17-13-10(14)5-2-6-11(13)15/h2-7H,8,15H2,1H3. The Morgan fingerprint density at radius 2 is 2.12 bits per heavy atom. The minimum atomic E-state index is -0.460. The minimum absolute atomic E-state index is 0.0811. The molecular formula is C13H13FN2O. The van der Waals surface area contributed by atoms with Gasteiger partial charge in [0.15, 0.2) is 11.6 Å². The van der Waals surface area contributed by atoms with Gasteiger partial charge in [0.2, 0.25) is 0 Å². The highest BCUT2D eigenvalue weighted by Gasteiger charge is 2.08. The largest absolute Gasteiger partial charge is 0.482 e. The first-order valence-corrected chi connectivity index (χ1v) is 5.26. The third-order valence-electron chi connectivity index (χ3n) is 2.47. The molecule has 0 bridgehead atoms. The minimum Gasteiger partial charge on any atom is -0.482 e. The van der Waals surface area contributed by atoms with Crippen molar-refractivity contribution in [2.75, 3.05) is 5.73 Å². The van der Waals surface area contributed by atoms with Crippen LogP contribution in [0, 0.1) is 12.7 Å². The number of aryl methyl sites for hydroxylation is 1. The summed E-state index contributed by atoms with van der Waals surface area (Å²) in [6, 6.07) is 8.23. The van der Waals surface area contributed by atoms with E-state index < -0.39 is 5.82 Å². The molecule has 0 fully saturated rings. The van der Waals surface area contributed by atoms with Crippen molar-refractivity contribution in [1.82, 2.24) is 4.98 Å². The van der Waals surface area contributed by atoms with Crippen LogP contribution in [0.3, 0.4) is 0 Å². The van der Waals surface area contributed by atoms with E-state index in [-0.39, 0.29) is 12.4 Å². The Labute approximate surface area is 99.1 Å². The lowest BCUT2D eigenvalue weighted by atomic mass is 10.2. The average molecular weight is 232 g/mol. The maximum absolute atomic E-state index is 13.4. The van der Waals surface area contributed by atoms with E-state index in [0.717, 1.165) is 11.3 Å². The summed E-state index contributed by atoms with van der Waals surface area (Å²) in [7, 11) is 0. The summed E-state index contributed by atoms with van der Waals surface area (Å²) >= 11 is 0. The monoisotopic (exact) mass is 232 g/mol. The van der Waals surface area contributed by atoms with Gasteiger partial charge in [-0.25, -0.2) is 4.39 Å². The van der Waals surface area contributed by atoms with E-state index in [2.05, 4.69) is 4.98 Å². The third-order valence-corrected chi connectivity index (χ3v) is 2.47. The average Bonchev–Trinajstić information content (AvgIpc) is 2.30. The Bertz CT molecular complexity index is 508. The molecule has 1 aromatic heterocycles. The van der Waals surface area contributed by atoms with Gasteiger partial charge in [-0.1, -0.05) is 12.1 Å². The Kier molecular flexibility index (Phi) is 3.23. The number of pyridine rings is 1. The van der Waals surface area contributed by atoms with Gasteiger partial charge >= 0.3 is 0 Å². The van der Waals surface area contributed by atoms with Gasteiger partial charge in [-0.2, -0.15) is 0 Å². The first-order valence-electron chi connectivity index (χ1n) is 5.26. The van der Waals surface area contributed by atoms with E-state index in [1.165, 1.54) is 6.07 Å². The maximum Gasteiger partial charge on any atom is 0.178 e. The van der Waals surface area contributed by atoms with Crippen molar-refractivity contribution in [3.8, 4) is 5.75 Å². The van der Waals surface area contributed by atoms with Crippen LogP contribution in [0.1, 0.15) is 11.3 Å². The lowest BCUT2D eigenvalue weighted by Gasteiger charge is -2.10. The second kappa shape index (κ2) is 4.82. The summed E-state index contributed by atoms with van der Waals surface area (Å²) in [6.45, 7) is 2.13. The normalized spacial score (nSPS) is 10.2. The van der Waals surface area contributed by atoms with Crippen LogP contribution in [0.4, 0.5) is 10.1 Å². The number of rotatable bonds is 3. The van der Waals surface area contributed by atoms with Gasteiger partial charge in [0.25, 0.3) is 0 Å². The Morgan fingerprint density at radius 3 is 2.82 bits per heavy atom. The van der Waals surface area contributed by atoms with Crippen molar-refractivity contribution < 1.29 is 9.13 Å². The van der Waals surface area contributed by atoms with Gasteiger partial charge in [-0.15, -0.1) is 0 Å². The smallest absolute Gasteiger partial charge is 0.178 e. The Morgan fingerprint density at radius 1 is 1.29 bits per heavy atom. The Hall–Kier alpha value is -2.10. The van der Waals surface area contributed by atoms with Crippen LogP contribution in [-0.4, -0.2) is 4.98 Å². The van der Waals surface area contributed by atoms with Gasteiger partial charge in [-0.3, -0.25) is 4.98 Å². The van der Waals surface area contributed by atoms with E-state index >= 15 is 0 Å². The molecule has 0 amide bonds. The quantitative estimate of drug-likeness (QED) is 0.828. The molecular weight excluding hydrogens is 219 g/mol. The van der Waals surface area contributed by atoms with Crippen molar-refractivity contribution >= 4 is 5.69 Å². The van der Waals surface area contributed by atoms with Gasteiger partial charge in [0.1, 0.15) is 6.61 Å². The zero-order chi connectivity index (χ0) is 12.3. The topological polar surface area (TPSA) is 48.1 Å². The number of hydrogen-bond donors (Lipinski definition) is 1. The van der Waals surface area contributed by atoms with E-state index in [0.29, 0.717) is 5.69 Å². The number of ether oxygens (including phenoxy) is 1. The summed E-state index contributed by atoms with van der Waals surface area (Å²) in [5.74, 6) is -0.379. The predicted octanol–water partition coefficient (Wildman–Crippen LogP) is 2.69. The van der Waals surface area contributed by atoms with E-state index in [1.54, 1.807) is 18.3 Å². The molecule has 2 N–H and O–H groups in total. The van der Waals surface area contributed by atoms with Crippen molar-refractivity contribution in [3.05, 3.63) is 53.6 Å². The summed E-state index contributed by atoms with van der Waals surface area (Å²) in [4.78, 5) is 4.16. The van der Waals surface area contributed by atoms with Gasteiger partial charge in [0, 0.05) is 6.20 Å². The highest BCUT2D eigenvalue weighted by atomic mass is 19.1. The first-order chi connectivity index (χ1) is 8.18. The molecule has 2 rings (SSSR count). The molecule has 0 atom stereocenters. The van der Waals surface area contributed by atoms with Crippen molar-refractivity contribution in [3.63, 3.8) is 0 Å². The molecule has 1 aromatic carbocycles. The van der Waals surface area contributed by atoms with E-state index in [9.17, 15) is 4.39 Å². The fraction of sp³-hybridized carbons (Fsp3) is 0.154. The van der Waals surface area contributed by atoms with Crippen molar-refractivity contribution in [2.24, 2.45) is 0 Å². The SMILES string of the molecule is Cc1cccnc1COc1c(N)cccc1F. The molecule has 0 saturated carbocycles. The molecule has 0 saturated heterocycles. The summed E-state index contributed by atoms with van der Waals surface area (Å²) in [6.07, 6.45) is 1.68. The lowest BCUT2D eigenvalue weighted by Crippen LogP contribution is -2.03. The van der Waals surface area contributed by atoms with Crippen molar-refractivity contribution in [2.45, 2.75) is 13.5 Å². The van der Waals surface area contributed by atoms with Crippen LogP contribution in [0.2, 0.25) is 0 Å². The number of nitrogens with two attached hydrogens (primary N) is 1. The predicted molar refractivity (Wildman–Crippen MR) is 64.1 cm³/mol. The number of nitrogen functional groups attached to an aromatic ring is 1.